The predicted molar refractivity (Wildman–Crippen MR) is 121 cm³/mol. The van der Waals surface area contributed by atoms with Crippen LogP contribution in [0.15, 0.2) is 23.3 Å². The van der Waals surface area contributed by atoms with Crippen LogP contribution in [0.25, 0.3) is 0 Å². The molecule has 32 heavy (non-hydrogen) atoms. The fourth-order valence-corrected chi connectivity index (χ4v) is 4.87. The number of carbonyl (C=O) groups is 2. The van der Waals surface area contributed by atoms with Crippen LogP contribution in [-0.4, -0.2) is 52.1 Å². The number of carbonyl (C=O) groups excluding carboxylic acids is 2. The topological polar surface area (TPSA) is 91.6 Å². The zero-order valence-electron chi connectivity index (χ0n) is 17.7. The first kappa shape index (κ1) is 24.5. The fraction of sp³-hybridized carbons (Fsp3) is 0.600. The number of rotatable bonds is 6. The van der Waals surface area contributed by atoms with Crippen LogP contribution in [0.1, 0.15) is 24.6 Å². The summed E-state index contributed by atoms with van der Waals surface area (Å²) in [6.45, 7) is 2.57. The summed E-state index contributed by atoms with van der Waals surface area (Å²) in [5, 5.41) is 9.43. The number of aliphatic imine (C=N–C) groups is 1. The molecule has 2 amide bonds. The number of hydrogen-bond donors (Lipinski definition) is 2. The van der Waals surface area contributed by atoms with Gasteiger partial charge in [-0.15, -0.1) is 24.0 Å². The third-order valence-corrected chi connectivity index (χ3v) is 6.11. The average molecular weight is 566 g/mol. The van der Waals surface area contributed by atoms with Gasteiger partial charge in [-0.3, -0.25) is 19.2 Å². The third-order valence-electron chi connectivity index (χ3n) is 6.11. The van der Waals surface area contributed by atoms with Crippen molar-refractivity contribution in [1.29, 1.82) is 0 Å². The Hall–Kier alpha value is -2.12. The molecule has 1 aliphatic heterocycles. The Morgan fingerprint density at radius 3 is 2.38 bits per heavy atom. The number of imide groups is 1. The van der Waals surface area contributed by atoms with Gasteiger partial charge in [-0.25, -0.2) is 4.99 Å². The normalized spacial score (nSPS) is 26.5. The maximum absolute atomic E-state index is 13.1. The molecule has 2 N–H and O–H groups in total. The average Bonchev–Trinajstić information content (AvgIpc) is 3.45. The van der Waals surface area contributed by atoms with Gasteiger partial charge in [0.25, 0.3) is 0 Å². The number of likely N-dealkylation sites (tertiary alicyclic amines) is 1. The van der Waals surface area contributed by atoms with E-state index in [2.05, 4.69) is 20.7 Å². The van der Waals surface area contributed by atoms with E-state index >= 15 is 0 Å². The van der Waals surface area contributed by atoms with Crippen LogP contribution < -0.4 is 10.6 Å². The van der Waals surface area contributed by atoms with E-state index < -0.39 is 11.9 Å². The van der Waals surface area contributed by atoms with Gasteiger partial charge in [0.1, 0.15) is 0 Å². The molecule has 2 heterocycles. The van der Waals surface area contributed by atoms with Crippen molar-refractivity contribution in [2.45, 2.75) is 26.1 Å². The van der Waals surface area contributed by atoms with Gasteiger partial charge in [-0.2, -0.15) is 18.3 Å². The largest absolute Gasteiger partial charge is 0.435 e. The monoisotopic (exact) mass is 566 g/mol. The van der Waals surface area contributed by atoms with E-state index in [9.17, 15) is 22.8 Å². The van der Waals surface area contributed by atoms with Crippen molar-refractivity contribution in [3.8, 4) is 0 Å². The first-order chi connectivity index (χ1) is 14.7. The Balaban J connectivity index is 0.00000289. The van der Waals surface area contributed by atoms with E-state index in [1.165, 1.54) is 18.1 Å². The summed E-state index contributed by atoms with van der Waals surface area (Å²) < 4.78 is 40.4. The van der Waals surface area contributed by atoms with Gasteiger partial charge in [0.2, 0.25) is 11.8 Å². The lowest BCUT2D eigenvalue weighted by molar-refractivity contribution is -0.142. The highest BCUT2D eigenvalue weighted by molar-refractivity contribution is 14.0. The van der Waals surface area contributed by atoms with Crippen LogP contribution in [-0.2, 0) is 29.4 Å². The van der Waals surface area contributed by atoms with Crippen LogP contribution in [0.2, 0.25) is 0 Å². The molecule has 4 rings (SSSR count). The van der Waals surface area contributed by atoms with Gasteiger partial charge in [0.05, 0.1) is 18.4 Å². The van der Waals surface area contributed by atoms with Gasteiger partial charge in [-0.1, -0.05) is 12.2 Å². The summed E-state index contributed by atoms with van der Waals surface area (Å²) >= 11 is 0. The summed E-state index contributed by atoms with van der Waals surface area (Å²) in [5.41, 5.74) is -0.995. The van der Waals surface area contributed by atoms with E-state index in [1.54, 1.807) is 0 Å². The number of aryl methyl sites for hydroxylation is 1. The van der Waals surface area contributed by atoms with Crippen LogP contribution in [0.4, 0.5) is 13.2 Å². The van der Waals surface area contributed by atoms with Crippen molar-refractivity contribution in [3.63, 3.8) is 0 Å². The van der Waals surface area contributed by atoms with Crippen LogP contribution in [0.3, 0.4) is 0 Å². The molecule has 3 aliphatic rings. The van der Waals surface area contributed by atoms with E-state index in [4.69, 9.17) is 0 Å². The third kappa shape index (κ3) is 4.50. The molecule has 8 nitrogen and oxygen atoms in total. The molecule has 12 heteroatoms. The number of guanidine groups is 1. The zero-order chi connectivity index (χ0) is 22.3. The van der Waals surface area contributed by atoms with E-state index in [1.807, 2.05) is 19.1 Å². The summed E-state index contributed by atoms with van der Waals surface area (Å²) in [6, 6.07) is 0. The number of hydrogen-bond acceptors (Lipinski definition) is 4. The van der Waals surface area contributed by atoms with Crippen molar-refractivity contribution >= 4 is 41.8 Å². The number of amides is 2. The number of aromatic nitrogens is 2. The molecule has 2 bridgehead atoms. The molecule has 0 aromatic carbocycles. The second-order valence-electron chi connectivity index (χ2n) is 8.12. The highest BCUT2D eigenvalue weighted by atomic mass is 127. The van der Waals surface area contributed by atoms with Crippen molar-refractivity contribution in [1.82, 2.24) is 25.3 Å². The summed E-state index contributed by atoms with van der Waals surface area (Å²) in [7, 11) is 1.42. The molecule has 1 aromatic heterocycles. The SMILES string of the molecule is CCNC(=NCc1cn(C)nc1C(F)(F)F)NCCN1C(=O)C2C3C=CC(C3)C2C1=O.I. The molecule has 4 unspecified atom stereocenters. The molecule has 0 radical (unpaired) electrons. The number of allylic oxidation sites excluding steroid dienone is 2. The van der Waals surface area contributed by atoms with Gasteiger partial charge in [0.15, 0.2) is 11.7 Å². The quantitative estimate of drug-likeness (QED) is 0.181. The second kappa shape index (κ2) is 9.40. The Morgan fingerprint density at radius 1 is 1.19 bits per heavy atom. The van der Waals surface area contributed by atoms with Crippen molar-refractivity contribution < 1.29 is 22.8 Å². The lowest BCUT2D eigenvalue weighted by Crippen LogP contribution is -2.43. The van der Waals surface area contributed by atoms with Crippen LogP contribution in [0, 0.1) is 23.7 Å². The smallest absolute Gasteiger partial charge is 0.357 e. The van der Waals surface area contributed by atoms with Gasteiger partial charge < -0.3 is 10.6 Å². The minimum absolute atomic E-state index is 0. The standard InChI is InChI=1S/C20H25F3N6O2.HI/c1-3-24-19(26-9-13-10-28(2)27-16(13)20(21,22)23)25-6-7-29-17(30)14-11-4-5-12(8-11)15(14)18(29)31;/h4-5,10-12,14-15H,3,6-9H2,1-2H3,(H2,24,25,26);1H. The van der Waals surface area contributed by atoms with Crippen LogP contribution in [0.5, 0.6) is 0 Å². The molecular weight excluding hydrogens is 540 g/mol. The van der Waals surface area contributed by atoms with E-state index in [0.29, 0.717) is 12.5 Å². The van der Waals surface area contributed by atoms with Crippen molar-refractivity contribution in [3.05, 3.63) is 29.6 Å². The number of nitrogens with one attached hydrogen (secondary N) is 2. The zero-order valence-corrected chi connectivity index (χ0v) is 20.1. The van der Waals surface area contributed by atoms with Crippen LogP contribution >= 0.6 is 24.0 Å². The number of alkyl halides is 3. The van der Waals surface area contributed by atoms with Gasteiger partial charge >= 0.3 is 6.18 Å². The first-order valence-electron chi connectivity index (χ1n) is 10.4. The maximum Gasteiger partial charge on any atom is 0.435 e. The molecule has 1 saturated carbocycles. The van der Waals surface area contributed by atoms with Crippen molar-refractivity contribution in [2.75, 3.05) is 19.6 Å². The molecule has 1 aromatic rings. The second-order valence-corrected chi connectivity index (χ2v) is 8.12. The number of fused-ring (bicyclic) bond motifs is 5. The molecule has 2 aliphatic carbocycles. The van der Waals surface area contributed by atoms with E-state index in [0.717, 1.165) is 11.1 Å². The molecule has 1 saturated heterocycles. The highest BCUT2D eigenvalue weighted by Crippen LogP contribution is 2.52. The fourth-order valence-electron chi connectivity index (χ4n) is 4.87. The number of halogens is 4. The Bertz CT molecular complexity index is 914. The number of nitrogens with zero attached hydrogens (tertiary/aromatic N) is 4. The Kier molecular flexibility index (Phi) is 7.20. The Morgan fingerprint density at radius 2 is 1.81 bits per heavy atom. The Labute approximate surface area is 200 Å². The molecule has 2 fully saturated rings. The highest BCUT2D eigenvalue weighted by Gasteiger charge is 2.58. The van der Waals surface area contributed by atoms with Gasteiger partial charge in [0, 0.05) is 38.4 Å². The summed E-state index contributed by atoms with van der Waals surface area (Å²) in [4.78, 5) is 30.9. The lowest BCUT2D eigenvalue weighted by atomic mass is 9.85. The molecule has 176 valence electrons. The van der Waals surface area contributed by atoms with Gasteiger partial charge in [-0.05, 0) is 25.2 Å². The predicted octanol–water partition coefficient (Wildman–Crippen LogP) is 1.92. The summed E-state index contributed by atoms with van der Waals surface area (Å²) in [6.07, 6.45) is 1.70. The molecule has 4 atom stereocenters. The molecule has 0 spiro atoms. The first-order valence-corrected chi connectivity index (χ1v) is 10.4. The maximum atomic E-state index is 13.1. The minimum Gasteiger partial charge on any atom is -0.357 e. The molecular formula is C20H26F3IN6O2. The van der Waals surface area contributed by atoms with Crippen molar-refractivity contribution in [2.24, 2.45) is 35.7 Å². The minimum atomic E-state index is -4.55. The van der Waals surface area contributed by atoms with E-state index in [-0.39, 0.29) is 84.7 Å². The lowest BCUT2D eigenvalue weighted by Gasteiger charge is -2.18. The summed E-state index contributed by atoms with van der Waals surface area (Å²) in [5.74, 6) is -0.107.